The van der Waals surface area contributed by atoms with Crippen molar-refractivity contribution < 1.29 is 17.5 Å². The Kier molecular flexibility index (Phi) is 98.5. The fraction of sp³-hybridized carbons (Fsp3) is 0. The molecule has 0 amide bonds. The fourth-order valence-corrected chi connectivity index (χ4v) is 0. The smallest absolute Gasteiger partial charge is 1.00 e. The van der Waals surface area contributed by atoms with Crippen LogP contribution in [0.2, 0.25) is 0 Å². The second-order valence-electron chi connectivity index (χ2n) is 0.0913. The van der Waals surface area contributed by atoms with Crippen molar-refractivity contribution in [2.75, 3.05) is 0 Å². The number of rotatable bonds is 0. The molecule has 4 heteroatoms. The van der Waals surface area contributed by atoms with Crippen molar-refractivity contribution in [2.24, 2.45) is 0 Å². The molecule has 0 aliphatic carbocycles. The standard InChI is InChI=1S/CHNO.ClH.Mg/c2-1-3;;/h3H;1H;/q;;+2/p-2. The van der Waals surface area contributed by atoms with Gasteiger partial charge in [-0.05, 0) is 0 Å². The van der Waals surface area contributed by atoms with Crippen molar-refractivity contribution in [3.8, 4) is 6.26 Å². The van der Waals surface area contributed by atoms with Crippen LogP contribution in [0.3, 0.4) is 0 Å². The van der Waals surface area contributed by atoms with E-state index in [1.54, 1.807) is 0 Å². The molecule has 0 atom stereocenters. The van der Waals surface area contributed by atoms with Gasteiger partial charge >= 0.3 is 23.1 Å². The summed E-state index contributed by atoms with van der Waals surface area (Å²) in [5.74, 6) is 0. The number of nitriles is 1. The molecule has 0 aromatic rings. The second kappa shape index (κ2) is 26.9. The van der Waals surface area contributed by atoms with E-state index < -0.39 is 0 Å². The molecule has 0 aromatic carbocycles. The molecule has 5 heavy (non-hydrogen) atoms. The quantitative estimate of drug-likeness (QED) is 0.228. The first-order chi connectivity index (χ1) is 1.41. The third-order valence-corrected chi connectivity index (χ3v) is 0. The van der Waals surface area contributed by atoms with E-state index in [-0.39, 0.29) is 35.5 Å². The van der Waals surface area contributed by atoms with Crippen LogP contribution in [0.1, 0.15) is 0 Å². The minimum absolute atomic E-state index is 0. The summed E-state index contributed by atoms with van der Waals surface area (Å²) in [6.45, 7) is 0. The molecule has 0 aliphatic heterocycles. The van der Waals surface area contributed by atoms with Crippen LogP contribution in [0, 0.1) is 11.5 Å². The Morgan fingerprint density at radius 2 is 1.60 bits per heavy atom. The van der Waals surface area contributed by atoms with Gasteiger partial charge in [-0.3, -0.25) is 0 Å². The van der Waals surface area contributed by atoms with Gasteiger partial charge in [-0.1, -0.05) is 0 Å². The van der Waals surface area contributed by atoms with Crippen LogP contribution < -0.4 is 17.5 Å². The summed E-state index contributed by atoms with van der Waals surface area (Å²) < 4.78 is 0. The van der Waals surface area contributed by atoms with Crippen molar-refractivity contribution in [3.05, 3.63) is 0 Å². The molecule has 0 saturated carbocycles. The molecule has 0 fully saturated rings. The Morgan fingerprint density at radius 1 is 1.60 bits per heavy atom. The zero-order valence-corrected chi connectivity index (χ0v) is 4.61. The predicted molar refractivity (Wildman–Crippen MR) is 11.4 cm³/mol. The minimum Gasteiger partial charge on any atom is -1.00 e. The zero-order chi connectivity index (χ0) is 2.71. The number of hydrogen-bond donors (Lipinski definition) is 0. The van der Waals surface area contributed by atoms with E-state index in [1.165, 1.54) is 0 Å². The third kappa shape index (κ3) is 200. The van der Waals surface area contributed by atoms with Crippen molar-refractivity contribution in [1.82, 2.24) is 0 Å². The zero-order valence-electron chi connectivity index (χ0n) is 2.44. The Morgan fingerprint density at radius 3 is 1.60 bits per heavy atom. The summed E-state index contributed by atoms with van der Waals surface area (Å²) in [6.07, 6.45) is 0.500. The molecule has 2 nitrogen and oxygen atoms in total. The summed E-state index contributed by atoms with van der Waals surface area (Å²) in [4.78, 5) is 0. The first kappa shape index (κ1) is 18.3. The van der Waals surface area contributed by atoms with Gasteiger partial charge in [-0.25, -0.2) is 5.26 Å². The molecule has 0 aliphatic rings. The van der Waals surface area contributed by atoms with Gasteiger partial charge in [0.25, 0.3) is 0 Å². The van der Waals surface area contributed by atoms with E-state index in [1.807, 2.05) is 0 Å². The van der Waals surface area contributed by atoms with Gasteiger partial charge in [0.1, 0.15) is 0 Å². The van der Waals surface area contributed by atoms with Gasteiger partial charge in [-0.2, -0.15) is 0 Å². The molecule has 0 heterocycles. The summed E-state index contributed by atoms with van der Waals surface area (Å²) in [7, 11) is 0. The van der Waals surface area contributed by atoms with Gasteiger partial charge in [0.15, 0.2) is 0 Å². The van der Waals surface area contributed by atoms with Crippen molar-refractivity contribution in [3.63, 3.8) is 0 Å². The molecule has 0 aromatic heterocycles. The van der Waals surface area contributed by atoms with Gasteiger partial charge in [0, 0.05) is 6.26 Å². The molecule has 0 unspecified atom stereocenters. The van der Waals surface area contributed by atoms with Gasteiger partial charge in [-0.15, -0.1) is 0 Å². The first-order valence-electron chi connectivity index (χ1n) is 0.428. The number of halogens is 1. The van der Waals surface area contributed by atoms with E-state index in [0.717, 1.165) is 0 Å². The normalized spacial score (nSPS) is 1.40. The van der Waals surface area contributed by atoms with E-state index in [0.29, 0.717) is 6.26 Å². The molecule has 0 rings (SSSR count). The molecule has 0 spiro atoms. The van der Waals surface area contributed by atoms with Crippen LogP contribution >= 0.6 is 0 Å². The van der Waals surface area contributed by atoms with Crippen LogP contribution in [-0.4, -0.2) is 23.1 Å². The minimum atomic E-state index is 0. The molecular formula is CClMgNO. The van der Waals surface area contributed by atoms with E-state index in [9.17, 15) is 0 Å². The van der Waals surface area contributed by atoms with Crippen molar-refractivity contribution in [1.29, 1.82) is 5.26 Å². The van der Waals surface area contributed by atoms with Crippen molar-refractivity contribution >= 4 is 23.1 Å². The predicted octanol–water partition coefficient (Wildman–Crippen LogP) is -4.55. The maximum atomic E-state index is 8.24. The topological polar surface area (TPSA) is 46.8 Å². The largest absolute Gasteiger partial charge is 2.00 e. The van der Waals surface area contributed by atoms with Crippen LogP contribution in [0.4, 0.5) is 0 Å². The number of nitrogens with zero attached hydrogens (tertiary/aromatic N) is 1. The van der Waals surface area contributed by atoms with Crippen LogP contribution in [0.15, 0.2) is 0 Å². The summed E-state index contributed by atoms with van der Waals surface area (Å²) in [6, 6.07) is 0. The summed E-state index contributed by atoms with van der Waals surface area (Å²) >= 11 is 0. The monoisotopic (exact) mass is 101 g/mol. The third-order valence-electron chi connectivity index (χ3n) is 0. The molecule has 24 valence electrons. The Balaban J connectivity index is -0.0000000200. The molecule has 0 saturated heterocycles. The SMILES string of the molecule is N#C[O-].[Cl-].[Mg+2]. The van der Waals surface area contributed by atoms with Crippen LogP contribution in [0.5, 0.6) is 0 Å². The maximum Gasteiger partial charge on any atom is 2.00 e. The van der Waals surface area contributed by atoms with E-state index >= 15 is 0 Å². The van der Waals surface area contributed by atoms with Gasteiger partial charge < -0.3 is 17.5 Å². The van der Waals surface area contributed by atoms with E-state index in [4.69, 9.17) is 10.4 Å². The summed E-state index contributed by atoms with van der Waals surface area (Å²) in [5.41, 5.74) is 0. The maximum absolute atomic E-state index is 8.24. The molecule has 0 radical (unpaired) electrons. The average Bonchev–Trinajstić information content (AvgIpc) is 0.918. The number of hydrogen-bond acceptors (Lipinski definition) is 2. The molecular weight excluding hydrogens is 102 g/mol. The Bertz CT molecular complexity index is 33.1. The summed E-state index contributed by atoms with van der Waals surface area (Å²) in [5, 5.41) is 15.0. The Hall–Kier alpha value is 0.346. The van der Waals surface area contributed by atoms with Gasteiger partial charge in [0.05, 0.1) is 0 Å². The van der Waals surface area contributed by atoms with E-state index in [2.05, 4.69) is 0 Å². The molecule has 0 bridgehead atoms. The van der Waals surface area contributed by atoms with Crippen LogP contribution in [-0.2, 0) is 0 Å². The average molecular weight is 102 g/mol. The second-order valence-corrected chi connectivity index (χ2v) is 0.0913. The van der Waals surface area contributed by atoms with Gasteiger partial charge in [0.2, 0.25) is 0 Å². The van der Waals surface area contributed by atoms with Crippen molar-refractivity contribution in [2.45, 2.75) is 0 Å². The Labute approximate surface area is 52.3 Å². The first-order valence-corrected chi connectivity index (χ1v) is 0.428. The van der Waals surface area contributed by atoms with Crippen LogP contribution in [0.25, 0.3) is 0 Å². The fourth-order valence-electron chi connectivity index (χ4n) is 0. The molecule has 0 N–H and O–H groups in total.